The lowest BCUT2D eigenvalue weighted by atomic mass is 9.83. The number of unbranched alkanes of at least 4 members (excludes halogenated alkanes) is 1. The summed E-state index contributed by atoms with van der Waals surface area (Å²) in [7, 11) is 0. The third-order valence-electron chi connectivity index (χ3n) is 5.44. The molecule has 0 fully saturated rings. The number of hydrogen-bond donors (Lipinski definition) is 1. The number of nitrogens with two attached hydrogens (primary N) is 1. The van der Waals surface area contributed by atoms with Crippen LogP contribution in [0, 0.1) is 11.3 Å². The van der Waals surface area contributed by atoms with E-state index in [4.69, 9.17) is 19.9 Å². The summed E-state index contributed by atoms with van der Waals surface area (Å²) in [5.41, 5.74) is 8.46. The molecule has 0 bridgehead atoms. The predicted molar refractivity (Wildman–Crippen MR) is 132 cm³/mol. The second-order valence-electron chi connectivity index (χ2n) is 7.80. The minimum Gasteiger partial charge on any atom is -0.494 e. The Balaban J connectivity index is 1.64. The van der Waals surface area contributed by atoms with E-state index in [0.717, 1.165) is 34.2 Å². The number of benzene rings is 3. The van der Waals surface area contributed by atoms with Gasteiger partial charge in [-0.25, -0.2) is 4.79 Å². The van der Waals surface area contributed by atoms with E-state index in [0.29, 0.717) is 29.2 Å². The molecule has 0 radical (unpaired) electrons. The summed E-state index contributed by atoms with van der Waals surface area (Å²) in [6.07, 6.45) is 2.00. The first kappa shape index (κ1) is 23.4. The Morgan fingerprint density at radius 2 is 1.91 bits per heavy atom. The van der Waals surface area contributed by atoms with Crippen LogP contribution in [0.4, 0.5) is 0 Å². The minimum absolute atomic E-state index is 0.0219. The monoisotopic (exact) mass is 518 g/mol. The van der Waals surface area contributed by atoms with Crippen molar-refractivity contribution in [3.05, 3.63) is 99.3 Å². The maximum absolute atomic E-state index is 12.5. The Labute approximate surface area is 206 Å². The smallest absolute Gasteiger partial charge is 0.343 e. The zero-order chi connectivity index (χ0) is 24.1. The number of rotatable bonds is 7. The van der Waals surface area contributed by atoms with E-state index < -0.39 is 11.9 Å². The van der Waals surface area contributed by atoms with Gasteiger partial charge in [-0.1, -0.05) is 47.5 Å². The van der Waals surface area contributed by atoms with Crippen molar-refractivity contribution in [3.8, 4) is 23.3 Å². The highest BCUT2D eigenvalue weighted by Gasteiger charge is 2.31. The number of allylic oxidation sites excluding steroid dienone is 1. The molecule has 1 aliphatic rings. The summed E-state index contributed by atoms with van der Waals surface area (Å²) in [5, 5.41) is 9.81. The zero-order valence-corrected chi connectivity index (χ0v) is 20.2. The Kier molecular flexibility index (Phi) is 7.19. The number of carbonyl (C=O) groups excluding carboxylic acids is 1. The lowest BCUT2D eigenvalue weighted by Crippen LogP contribution is -2.21. The predicted octanol–water partition coefficient (Wildman–Crippen LogP) is 6.07. The number of hydrogen-bond acceptors (Lipinski definition) is 6. The average molecular weight is 519 g/mol. The molecule has 1 unspecified atom stereocenters. The molecule has 4 rings (SSSR count). The second-order valence-corrected chi connectivity index (χ2v) is 8.71. The number of nitrogens with zero attached hydrogens (tertiary/aromatic N) is 1. The quantitative estimate of drug-likeness (QED) is 0.232. The molecule has 3 aromatic carbocycles. The van der Waals surface area contributed by atoms with Gasteiger partial charge in [-0.3, -0.25) is 0 Å². The summed E-state index contributed by atoms with van der Waals surface area (Å²) < 4.78 is 18.0. The first-order chi connectivity index (χ1) is 16.5. The van der Waals surface area contributed by atoms with E-state index in [1.807, 2.05) is 24.3 Å². The van der Waals surface area contributed by atoms with Gasteiger partial charge in [0, 0.05) is 16.1 Å². The van der Waals surface area contributed by atoms with Crippen molar-refractivity contribution < 1.29 is 19.0 Å². The Morgan fingerprint density at radius 3 is 2.65 bits per heavy atom. The van der Waals surface area contributed by atoms with Crippen molar-refractivity contribution in [1.82, 2.24) is 0 Å². The zero-order valence-electron chi connectivity index (χ0n) is 18.6. The highest BCUT2D eigenvalue weighted by atomic mass is 79.9. The molecule has 3 aromatic rings. The number of esters is 1. The maximum Gasteiger partial charge on any atom is 0.343 e. The molecule has 1 atom stereocenters. The van der Waals surface area contributed by atoms with Gasteiger partial charge in [0.05, 0.1) is 18.1 Å². The Bertz CT molecular complexity index is 1280. The molecule has 1 heterocycles. The number of carbonyl (C=O) groups is 1. The van der Waals surface area contributed by atoms with Crippen molar-refractivity contribution in [2.45, 2.75) is 25.7 Å². The molecule has 6 nitrogen and oxygen atoms in total. The highest BCUT2D eigenvalue weighted by molar-refractivity contribution is 9.10. The maximum atomic E-state index is 12.5. The third-order valence-corrected chi connectivity index (χ3v) is 5.97. The van der Waals surface area contributed by atoms with Gasteiger partial charge in [0.1, 0.15) is 28.9 Å². The summed E-state index contributed by atoms with van der Waals surface area (Å²) in [6, 6.07) is 21.8. The number of nitriles is 1. The first-order valence-corrected chi connectivity index (χ1v) is 11.7. The summed E-state index contributed by atoms with van der Waals surface area (Å²) in [5.74, 6) is 0.580. The highest BCUT2D eigenvalue weighted by Crippen LogP contribution is 2.44. The van der Waals surface area contributed by atoms with Gasteiger partial charge < -0.3 is 19.9 Å². The van der Waals surface area contributed by atoms with E-state index in [2.05, 4.69) is 28.9 Å². The van der Waals surface area contributed by atoms with E-state index in [1.54, 1.807) is 42.5 Å². The van der Waals surface area contributed by atoms with E-state index in [9.17, 15) is 10.1 Å². The molecule has 0 spiro atoms. The molecule has 0 saturated heterocycles. The van der Waals surface area contributed by atoms with Crippen LogP contribution in [-0.4, -0.2) is 12.6 Å². The van der Waals surface area contributed by atoms with Crippen molar-refractivity contribution in [3.63, 3.8) is 0 Å². The molecule has 0 aliphatic carbocycles. The number of ether oxygens (including phenoxy) is 3. The summed E-state index contributed by atoms with van der Waals surface area (Å²) in [6.45, 7) is 2.73. The van der Waals surface area contributed by atoms with Crippen molar-refractivity contribution in [2.75, 3.05) is 6.61 Å². The van der Waals surface area contributed by atoms with Crippen LogP contribution in [0.25, 0.3) is 0 Å². The van der Waals surface area contributed by atoms with Crippen molar-refractivity contribution in [2.24, 2.45) is 5.73 Å². The molecule has 2 N–H and O–H groups in total. The fourth-order valence-electron chi connectivity index (χ4n) is 3.71. The van der Waals surface area contributed by atoms with Crippen LogP contribution in [0.3, 0.4) is 0 Å². The van der Waals surface area contributed by atoms with Crippen LogP contribution >= 0.6 is 15.9 Å². The fraction of sp³-hybridized carbons (Fsp3) is 0.185. The average Bonchev–Trinajstić information content (AvgIpc) is 2.84. The van der Waals surface area contributed by atoms with Gasteiger partial charge >= 0.3 is 5.97 Å². The lowest BCUT2D eigenvalue weighted by molar-refractivity contribution is 0.0734. The van der Waals surface area contributed by atoms with Gasteiger partial charge in [0.2, 0.25) is 5.88 Å². The first-order valence-electron chi connectivity index (χ1n) is 10.9. The van der Waals surface area contributed by atoms with Gasteiger partial charge in [-0.2, -0.15) is 5.26 Å². The molecule has 7 heteroatoms. The second kappa shape index (κ2) is 10.4. The Hall–Kier alpha value is -3.76. The summed E-state index contributed by atoms with van der Waals surface area (Å²) in [4.78, 5) is 12.5. The van der Waals surface area contributed by atoms with Crippen LogP contribution < -0.4 is 19.9 Å². The van der Waals surface area contributed by atoms with Crippen LogP contribution in [0.1, 0.15) is 47.2 Å². The Morgan fingerprint density at radius 1 is 1.12 bits per heavy atom. The normalized spacial score (nSPS) is 14.6. The molecule has 0 aromatic heterocycles. The number of fused-ring (bicyclic) bond motifs is 1. The van der Waals surface area contributed by atoms with Gasteiger partial charge in [-0.05, 0) is 54.4 Å². The van der Waals surface area contributed by atoms with Gasteiger partial charge in [0.15, 0.2) is 0 Å². The van der Waals surface area contributed by atoms with Crippen molar-refractivity contribution in [1.29, 1.82) is 5.26 Å². The van der Waals surface area contributed by atoms with Gasteiger partial charge in [0.25, 0.3) is 0 Å². The fourth-order valence-corrected chi connectivity index (χ4v) is 3.98. The van der Waals surface area contributed by atoms with E-state index in [-0.39, 0.29) is 5.88 Å². The van der Waals surface area contributed by atoms with Crippen LogP contribution in [0.5, 0.6) is 17.2 Å². The molecule has 0 amide bonds. The van der Waals surface area contributed by atoms with Crippen molar-refractivity contribution >= 4 is 21.9 Å². The van der Waals surface area contributed by atoms with Crippen LogP contribution in [0.2, 0.25) is 0 Å². The SMILES string of the molecule is CCCCOc1cccc(C2C(C#N)=C(N)Oc3cc(OC(=O)c4ccc(Br)cc4)ccc32)c1. The standard InChI is InChI=1S/C27H23BrN2O4/c1-2-3-13-32-20-6-4-5-18(14-20)25-22-12-11-21(15-24(22)34-26(30)23(25)16-29)33-27(31)17-7-9-19(28)10-8-17/h4-12,14-15,25H,2-3,13,30H2,1H3. The molecular weight excluding hydrogens is 496 g/mol. The molecular formula is C27H23BrN2O4. The third kappa shape index (κ3) is 5.08. The van der Waals surface area contributed by atoms with Crippen LogP contribution in [-0.2, 0) is 0 Å². The molecule has 0 saturated carbocycles. The molecule has 1 aliphatic heterocycles. The van der Waals surface area contributed by atoms with Gasteiger partial charge in [-0.15, -0.1) is 0 Å². The van der Waals surface area contributed by atoms with E-state index in [1.165, 1.54) is 0 Å². The minimum atomic E-state index is -0.488. The topological polar surface area (TPSA) is 94.6 Å². The lowest BCUT2D eigenvalue weighted by Gasteiger charge is -2.27. The van der Waals surface area contributed by atoms with Crippen LogP contribution in [0.15, 0.2) is 82.7 Å². The molecule has 172 valence electrons. The summed E-state index contributed by atoms with van der Waals surface area (Å²) >= 11 is 3.35. The molecule has 34 heavy (non-hydrogen) atoms. The largest absolute Gasteiger partial charge is 0.494 e. The number of halogens is 1. The van der Waals surface area contributed by atoms with E-state index >= 15 is 0 Å².